The van der Waals surface area contributed by atoms with Crippen LogP contribution in [0.3, 0.4) is 0 Å². The Labute approximate surface area is 161 Å². The maximum atomic E-state index is 10.1. The number of phenols is 1. The first-order valence-corrected chi connectivity index (χ1v) is 10.1. The molecule has 0 saturated carbocycles. The Hall–Kier alpha value is -2.39. The molecule has 27 heavy (non-hydrogen) atoms. The maximum absolute atomic E-state index is 10.1. The van der Waals surface area contributed by atoms with E-state index in [4.69, 9.17) is 0 Å². The van der Waals surface area contributed by atoms with Gasteiger partial charge in [-0.25, -0.2) is 0 Å². The summed E-state index contributed by atoms with van der Waals surface area (Å²) >= 11 is 0. The molecule has 1 atom stereocenters. The van der Waals surface area contributed by atoms with Gasteiger partial charge in [-0.2, -0.15) is 0 Å². The zero-order chi connectivity index (χ0) is 18.6. The number of hydrogen-bond donors (Lipinski definition) is 1. The van der Waals surface area contributed by atoms with Gasteiger partial charge >= 0.3 is 0 Å². The number of aromatic hydroxyl groups is 1. The first-order valence-electron chi connectivity index (χ1n) is 10.1. The van der Waals surface area contributed by atoms with Crippen molar-refractivity contribution in [2.75, 3.05) is 13.1 Å². The van der Waals surface area contributed by atoms with E-state index in [1.54, 1.807) is 6.07 Å². The summed E-state index contributed by atoms with van der Waals surface area (Å²) < 4.78 is 0. The van der Waals surface area contributed by atoms with Crippen LogP contribution in [0.25, 0.3) is 10.9 Å². The molecule has 1 N–H and O–H groups in total. The van der Waals surface area contributed by atoms with Crippen molar-refractivity contribution in [1.29, 1.82) is 0 Å². The molecule has 0 amide bonds. The van der Waals surface area contributed by atoms with E-state index in [2.05, 4.69) is 53.2 Å². The second-order valence-electron chi connectivity index (χ2n) is 7.59. The highest BCUT2D eigenvalue weighted by Gasteiger charge is 2.23. The van der Waals surface area contributed by atoms with E-state index in [0.29, 0.717) is 11.6 Å². The normalized spacial score (nSPS) is 16.6. The lowest BCUT2D eigenvalue weighted by atomic mass is 9.87. The number of nitrogens with zero attached hydrogens (tertiary/aromatic N) is 2. The van der Waals surface area contributed by atoms with Gasteiger partial charge < -0.3 is 5.11 Å². The van der Waals surface area contributed by atoms with E-state index in [-0.39, 0.29) is 5.75 Å². The maximum Gasteiger partial charge on any atom is 0.141 e. The summed E-state index contributed by atoms with van der Waals surface area (Å²) in [4.78, 5) is 7.03. The summed E-state index contributed by atoms with van der Waals surface area (Å²) in [6, 6.07) is 17.3. The summed E-state index contributed by atoms with van der Waals surface area (Å²) in [5.74, 6) is 0.267. The third kappa shape index (κ3) is 3.84. The number of rotatable bonds is 6. The SMILES string of the molecule is CCCN(CCc1ccnc2c(O)cccc12)C1CCc2ccccc2C1. The molecule has 1 aromatic heterocycles. The average Bonchev–Trinajstić information content (AvgIpc) is 2.71. The second-order valence-corrected chi connectivity index (χ2v) is 7.59. The molecule has 0 radical (unpaired) electrons. The quantitative estimate of drug-likeness (QED) is 0.689. The summed E-state index contributed by atoms with van der Waals surface area (Å²) in [5, 5.41) is 11.2. The Bertz CT molecular complexity index is 921. The minimum Gasteiger partial charge on any atom is -0.506 e. The van der Waals surface area contributed by atoms with Crippen LogP contribution in [0.4, 0.5) is 0 Å². The predicted octanol–water partition coefficient (Wildman–Crippen LogP) is 4.75. The van der Waals surface area contributed by atoms with Gasteiger partial charge in [-0.15, -0.1) is 0 Å². The molecule has 1 heterocycles. The third-order valence-corrected chi connectivity index (χ3v) is 5.86. The molecule has 0 spiro atoms. The summed E-state index contributed by atoms with van der Waals surface area (Å²) in [5.41, 5.74) is 5.03. The molecular weight excluding hydrogens is 332 g/mol. The Kier molecular flexibility index (Phi) is 5.40. The van der Waals surface area contributed by atoms with Crippen molar-refractivity contribution in [1.82, 2.24) is 9.88 Å². The van der Waals surface area contributed by atoms with Crippen molar-refractivity contribution in [3.8, 4) is 5.75 Å². The second kappa shape index (κ2) is 8.10. The van der Waals surface area contributed by atoms with E-state index < -0.39 is 0 Å². The molecule has 3 nitrogen and oxygen atoms in total. The largest absolute Gasteiger partial charge is 0.506 e. The fourth-order valence-corrected chi connectivity index (χ4v) is 4.45. The number of phenolic OH excluding ortho intramolecular Hbond substituents is 1. The number of benzene rings is 2. The van der Waals surface area contributed by atoms with E-state index in [9.17, 15) is 5.11 Å². The van der Waals surface area contributed by atoms with Crippen molar-refractivity contribution in [2.24, 2.45) is 0 Å². The average molecular weight is 361 g/mol. The highest BCUT2D eigenvalue weighted by Crippen LogP contribution is 2.27. The van der Waals surface area contributed by atoms with Gasteiger partial charge in [0.2, 0.25) is 0 Å². The molecule has 0 saturated heterocycles. The van der Waals surface area contributed by atoms with Crippen molar-refractivity contribution < 1.29 is 5.11 Å². The predicted molar refractivity (Wildman–Crippen MR) is 111 cm³/mol. The van der Waals surface area contributed by atoms with Crippen molar-refractivity contribution in [2.45, 2.75) is 45.1 Å². The topological polar surface area (TPSA) is 36.4 Å². The number of pyridine rings is 1. The smallest absolute Gasteiger partial charge is 0.141 e. The molecule has 4 rings (SSSR count). The summed E-state index contributed by atoms with van der Waals surface area (Å²) in [6.45, 7) is 4.46. The van der Waals surface area contributed by atoms with E-state index in [1.165, 1.54) is 36.0 Å². The Morgan fingerprint density at radius 2 is 1.89 bits per heavy atom. The van der Waals surface area contributed by atoms with Gasteiger partial charge in [0.15, 0.2) is 0 Å². The minimum atomic E-state index is 0.267. The van der Waals surface area contributed by atoms with E-state index in [0.717, 1.165) is 31.3 Å². The summed E-state index contributed by atoms with van der Waals surface area (Å²) in [6.07, 6.45) is 7.57. The van der Waals surface area contributed by atoms with Gasteiger partial charge in [-0.3, -0.25) is 9.88 Å². The zero-order valence-corrected chi connectivity index (χ0v) is 16.1. The molecule has 2 aromatic carbocycles. The standard InChI is InChI=1S/C24H28N2O/c1-2-15-26(21-11-10-18-6-3-4-7-20(18)17-21)16-13-19-12-14-25-24-22(19)8-5-9-23(24)27/h3-9,12,14,21,27H,2,10-11,13,15-17H2,1H3. The molecule has 140 valence electrons. The van der Waals surface area contributed by atoms with Crippen molar-refractivity contribution in [3.05, 3.63) is 71.4 Å². The molecule has 0 aliphatic heterocycles. The zero-order valence-electron chi connectivity index (χ0n) is 16.1. The fourth-order valence-electron chi connectivity index (χ4n) is 4.45. The molecule has 1 aliphatic rings. The monoisotopic (exact) mass is 360 g/mol. The van der Waals surface area contributed by atoms with Gasteiger partial charge in [0.1, 0.15) is 11.3 Å². The van der Waals surface area contributed by atoms with Gasteiger partial charge in [0.25, 0.3) is 0 Å². The highest BCUT2D eigenvalue weighted by molar-refractivity contribution is 5.86. The van der Waals surface area contributed by atoms with Crippen LogP contribution in [-0.4, -0.2) is 34.1 Å². The Morgan fingerprint density at radius 1 is 1.04 bits per heavy atom. The van der Waals surface area contributed by atoms with Crippen LogP contribution in [-0.2, 0) is 19.3 Å². The van der Waals surface area contributed by atoms with Crippen LogP contribution < -0.4 is 0 Å². The van der Waals surface area contributed by atoms with Crippen LogP contribution in [0.2, 0.25) is 0 Å². The van der Waals surface area contributed by atoms with Gasteiger partial charge in [0, 0.05) is 24.2 Å². The number of hydrogen-bond acceptors (Lipinski definition) is 3. The van der Waals surface area contributed by atoms with E-state index in [1.807, 2.05) is 12.3 Å². The first kappa shape index (κ1) is 18.0. The molecule has 1 unspecified atom stereocenters. The fraction of sp³-hybridized carbons (Fsp3) is 0.375. The van der Waals surface area contributed by atoms with Crippen molar-refractivity contribution >= 4 is 10.9 Å². The third-order valence-electron chi connectivity index (χ3n) is 5.86. The van der Waals surface area contributed by atoms with Crippen LogP contribution >= 0.6 is 0 Å². The van der Waals surface area contributed by atoms with Crippen LogP contribution in [0.1, 0.15) is 36.5 Å². The van der Waals surface area contributed by atoms with Crippen molar-refractivity contribution in [3.63, 3.8) is 0 Å². The van der Waals surface area contributed by atoms with Crippen LogP contribution in [0.5, 0.6) is 5.75 Å². The summed E-state index contributed by atoms with van der Waals surface area (Å²) in [7, 11) is 0. The molecule has 0 bridgehead atoms. The number of para-hydroxylation sites is 1. The first-order chi connectivity index (χ1) is 13.3. The van der Waals surface area contributed by atoms with Crippen LogP contribution in [0, 0.1) is 0 Å². The lowest BCUT2D eigenvalue weighted by Crippen LogP contribution is -2.41. The van der Waals surface area contributed by atoms with Gasteiger partial charge in [-0.05, 0) is 67.5 Å². The highest BCUT2D eigenvalue weighted by atomic mass is 16.3. The lowest BCUT2D eigenvalue weighted by molar-refractivity contribution is 0.182. The molecular formula is C24H28N2O. The van der Waals surface area contributed by atoms with Crippen LogP contribution in [0.15, 0.2) is 54.7 Å². The molecule has 3 aromatic rings. The van der Waals surface area contributed by atoms with Gasteiger partial charge in [0.05, 0.1) is 0 Å². The Morgan fingerprint density at radius 3 is 2.74 bits per heavy atom. The minimum absolute atomic E-state index is 0.267. The molecule has 3 heteroatoms. The lowest BCUT2D eigenvalue weighted by Gasteiger charge is -2.35. The molecule has 1 aliphatic carbocycles. The van der Waals surface area contributed by atoms with E-state index >= 15 is 0 Å². The number of aryl methyl sites for hydroxylation is 1. The number of fused-ring (bicyclic) bond motifs is 2. The number of aromatic nitrogens is 1. The Balaban J connectivity index is 1.51. The molecule has 0 fully saturated rings. The van der Waals surface area contributed by atoms with Gasteiger partial charge in [-0.1, -0.05) is 43.3 Å².